The molecular weight excluding hydrogens is 238 g/mol. The number of nitrogens with two attached hydrogens (primary N) is 1. The second-order valence-electron chi connectivity index (χ2n) is 5.94. The zero-order valence-electron chi connectivity index (χ0n) is 11.8. The van der Waals surface area contributed by atoms with Crippen LogP contribution in [0.3, 0.4) is 0 Å². The summed E-state index contributed by atoms with van der Waals surface area (Å²) in [6.45, 7) is 5.53. The fraction of sp³-hybridized carbons (Fsp3) is 0.714. The van der Waals surface area contributed by atoms with Crippen molar-refractivity contribution in [1.82, 2.24) is 14.9 Å². The second-order valence-corrected chi connectivity index (χ2v) is 5.94. The maximum absolute atomic E-state index is 5.96. The van der Waals surface area contributed by atoms with Crippen molar-refractivity contribution in [3.63, 3.8) is 0 Å². The van der Waals surface area contributed by atoms with Crippen molar-refractivity contribution in [3.8, 4) is 0 Å². The van der Waals surface area contributed by atoms with E-state index in [0.717, 1.165) is 31.3 Å². The third kappa shape index (κ3) is 2.81. The molecule has 1 saturated carbocycles. The molecule has 2 aliphatic rings. The van der Waals surface area contributed by atoms with E-state index < -0.39 is 0 Å². The van der Waals surface area contributed by atoms with Crippen LogP contribution in [0, 0.1) is 0 Å². The smallest absolute Gasteiger partial charge is 0.136 e. The second kappa shape index (κ2) is 4.96. The largest absolute Gasteiger partial charge is 0.384 e. The summed E-state index contributed by atoms with van der Waals surface area (Å²) in [7, 11) is 2.18. The van der Waals surface area contributed by atoms with Gasteiger partial charge >= 0.3 is 0 Å². The van der Waals surface area contributed by atoms with Crippen LogP contribution < -0.4 is 10.6 Å². The molecule has 1 aromatic rings. The first-order valence-corrected chi connectivity index (χ1v) is 7.23. The predicted molar refractivity (Wildman–Crippen MR) is 77.3 cm³/mol. The van der Waals surface area contributed by atoms with Crippen LogP contribution in [0.15, 0.2) is 6.07 Å². The molecule has 0 spiro atoms. The zero-order valence-corrected chi connectivity index (χ0v) is 11.8. The molecule has 1 atom stereocenters. The van der Waals surface area contributed by atoms with Crippen LogP contribution in [0.5, 0.6) is 0 Å². The average molecular weight is 261 g/mol. The minimum Gasteiger partial charge on any atom is -0.384 e. The molecule has 2 N–H and O–H groups in total. The summed E-state index contributed by atoms with van der Waals surface area (Å²) in [5.41, 5.74) is 5.96. The minimum absolute atomic E-state index is 0.467. The van der Waals surface area contributed by atoms with Crippen LogP contribution in [0.1, 0.15) is 37.9 Å². The molecule has 5 nitrogen and oxygen atoms in total. The Balaban J connectivity index is 1.87. The van der Waals surface area contributed by atoms with Gasteiger partial charge in [0.1, 0.15) is 17.5 Å². The molecule has 0 radical (unpaired) electrons. The van der Waals surface area contributed by atoms with Crippen molar-refractivity contribution >= 4 is 11.6 Å². The van der Waals surface area contributed by atoms with Crippen molar-refractivity contribution in [1.29, 1.82) is 0 Å². The number of likely N-dealkylation sites (N-methyl/N-ethyl adjacent to an activating group) is 1. The number of anilines is 2. The highest BCUT2D eigenvalue weighted by Gasteiger charge is 2.28. The van der Waals surface area contributed by atoms with Gasteiger partial charge in [0, 0.05) is 31.1 Å². The van der Waals surface area contributed by atoms with Gasteiger partial charge in [0.25, 0.3) is 0 Å². The lowest BCUT2D eigenvalue weighted by Crippen LogP contribution is -2.38. The summed E-state index contributed by atoms with van der Waals surface area (Å²) < 4.78 is 0. The first-order chi connectivity index (χ1) is 9.13. The van der Waals surface area contributed by atoms with E-state index in [1.54, 1.807) is 0 Å². The van der Waals surface area contributed by atoms with Gasteiger partial charge in [-0.3, -0.25) is 0 Å². The van der Waals surface area contributed by atoms with Crippen molar-refractivity contribution in [2.75, 3.05) is 37.3 Å². The monoisotopic (exact) mass is 261 g/mol. The van der Waals surface area contributed by atoms with Crippen molar-refractivity contribution in [2.45, 2.75) is 38.1 Å². The van der Waals surface area contributed by atoms with Gasteiger partial charge in [-0.1, -0.05) is 0 Å². The molecule has 1 aliphatic carbocycles. The Labute approximate surface area is 114 Å². The quantitative estimate of drug-likeness (QED) is 0.873. The molecule has 1 unspecified atom stereocenters. The van der Waals surface area contributed by atoms with Gasteiger partial charge in [-0.2, -0.15) is 0 Å². The predicted octanol–water partition coefficient (Wildman–Crippen LogP) is 1.47. The van der Waals surface area contributed by atoms with Crippen LogP contribution in [0.2, 0.25) is 0 Å². The fourth-order valence-corrected chi connectivity index (χ4v) is 2.86. The van der Waals surface area contributed by atoms with Gasteiger partial charge in [0.2, 0.25) is 0 Å². The summed E-state index contributed by atoms with van der Waals surface area (Å²) in [6, 6.07) is 2.39. The Morgan fingerprint density at radius 2 is 2.05 bits per heavy atom. The molecule has 1 aliphatic heterocycles. The van der Waals surface area contributed by atoms with Crippen LogP contribution in [0.4, 0.5) is 11.6 Å². The standard InChI is InChI=1S/C14H23N5/c1-10-9-18(2)6-3-7-19(10)13-8-12(15)16-14(17-13)11-4-5-11/h8,10-11H,3-7,9H2,1-2H3,(H2,15,16,17). The van der Waals surface area contributed by atoms with E-state index in [9.17, 15) is 0 Å². The third-order valence-electron chi connectivity index (χ3n) is 4.03. The van der Waals surface area contributed by atoms with E-state index in [2.05, 4.69) is 28.8 Å². The molecule has 5 heteroatoms. The topological polar surface area (TPSA) is 58.3 Å². The molecule has 0 bridgehead atoms. The molecule has 3 rings (SSSR count). The summed E-state index contributed by atoms with van der Waals surface area (Å²) >= 11 is 0. The number of rotatable bonds is 2. The molecule has 19 heavy (non-hydrogen) atoms. The van der Waals surface area contributed by atoms with Crippen molar-refractivity contribution < 1.29 is 0 Å². The number of aromatic nitrogens is 2. The van der Waals surface area contributed by atoms with Crippen molar-refractivity contribution in [3.05, 3.63) is 11.9 Å². The SMILES string of the molecule is CC1CN(C)CCCN1c1cc(N)nc(C2CC2)n1. The van der Waals surface area contributed by atoms with E-state index in [0.29, 0.717) is 17.8 Å². The van der Waals surface area contributed by atoms with Gasteiger partial charge in [-0.25, -0.2) is 9.97 Å². The fourth-order valence-electron chi connectivity index (χ4n) is 2.86. The maximum atomic E-state index is 5.96. The van der Waals surface area contributed by atoms with Crippen molar-refractivity contribution in [2.24, 2.45) is 0 Å². The van der Waals surface area contributed by atoms with E-state index in [1.807, 2.05) is 6.07 Å². The molecule has 1 saturated heterocycles. The van der Waals surface area contributed by atoms with Gasteiger partial charge in [0.15, 0.2) is 0 Å². The lowest BCUT2D eigenvalue weighted by Gasteiger charge is -2.29. The molecule has 2 fully saturated rings. The van der Waals surface area contributed by atoms with Crippen LogP contribution in [-0.2, 0) is 0 Å². The zero-order chi connectivity index (χ0) is 13.4. The first kappa shape index (κ1) is 12.7. The highest BCUT2D eigenvalue weighted by atomic mass is 15.3. The van der Waals surface area contributed by atoms with Gasteiger partial charge in [0.05, 0.1) is 0 Å². The highest BCUT2D eigenvalue weighted by Crippen LogP contribution is 2.39. The lowest BCUT2D eigenvalue weighted by atomic mass is 10.2. The summed E-state index contributed by atoms with van der Waals surface area (Å²) in [5.74, 6) is 3.11. The molecular formula is C14H23N5. The van der Waals surface area contributed by atoms with E-state index in [-0.39, 0.29) is 0 Å². The lowest BCUT2D eigenvalue weighted by molar-refractivity contribution is 0.337. The summed E-state index contributed by atoms with van der Waals surface area (Å²) in [6.07, 6.45) is 3.59. The van der Waals surface area contributed by atoms with E-state index in [1.165, 1.54) is 19.3 Å². The van der Waals surface area contributed by atoms with Gasteiger partial charge in [-0.05, 0) is 39.8 Å². The third-order valence-corrected chi connectivity index (χ3v) is 4.03. The van der Waals surface area contributed by atoms with E-state index >= 15 is 0 Å². The summed E-state index contributed by atoms with van der Waals surface area (Å²) in [5, 5.41) is 0. The molecule has 104 valence electrons. The number of nitrogen functional groups attached to an aromatic ring is 1. The Morgan fingerprint density at radius 3 is 2.79 bits per heavy atom. The first-order valence-electron chi connectivity index (χ1n) is 7.23. The molecule has 2 heterocycles. The van der Waals surface area contributed by atoms with Crippen LogP contribution in [0.25, 0.3) is 0 Å². The number of hydrogen-bond donors (Lipinski definition) is 1. The Kier molecular flexibility index (Phi) is 3.31. The Morgan fingerprint density at radius 1 is 1.26 bits per heavy atom. The van der Waals surface area contributed by atoms with Gasteiger partial charge < -0.3 is 15.5 Å². The number of nitrogens with zero attached hydrogens (tertiary/aromatic N) is 4. The molecule has 0 amide bonds. The summed E-state index contributed by atoms with van der Waals surface area (Å²) in [4.78, 5) is 13.9. The Hall–Kier alpha value is -1.36. The normalized spacial score (nSPS) is 25.4. The van der Waals surface area contributed by atoms with Crippen LogP contribution in [-0.4, -0.2) is 47.6 Å². The Bertz CT molecular complexity index is 457. The van der Waals surface area contributed by atoms with Gasteiger partial charge in [-0.15, -0.1) is 0 Å². The van der Waals surface area contributed by atoms with E-state index in [4.69, 9.17) is 10.7 Å². The highest BCUT2D eigenvalue weighted by molar-refractivity contribution is 5.48. The molecule has 0 aromatic carbocycles. The number of hydrogen-bond acceptors (Lipinski definition) is 5. The minimum atomic E-state index is 0.467. The maximum Gasteiger partial charge on any atom is 0.136 e. The average Bonchev–Trinajstić information content (AvgIpc) is 3.16. The van der Waals surface area contributed by atoms with Crippen LogP contribution >= 0.6 is 0 Å². The molecule has 1 aromatic heterocycles.